The number of aryl methyl sites for hydroxylation is 1. The van der Waals surface area contributed by atoms with Gasteiger partial charge in [0.15, 0.2) is 0 Å². The summed E-state index contributed by atoms with van der Waals surface area (Å²) in [6, 6.07) is 5.50. The van der Waals surface area contributed by atoms with Crippen LogP contribution >= 0.6 is 0 Å². The lowest BCUT2D eigenvalue weighted by Gasteiger charge is -2.32. The summed E-state index contributed by atoms with van der Waals surface area (Å²) in [7, 11) is 0. The predicted octanol–water partition coefficient (Wildman–Crippen LogP) is 0.706. The lowest BCUT2D eigenvalue weighted by Crippen LogP contribution is -2.48. The van der Waals surface area contributed by atoms with Crippen molar-refractivity contribution in [1.82, 2.24) is 24.8 Å². The number of pyridine rings is 1. The Hall–Kier alpha value is -3.03. The molecule has 0 bridgehead atoms. The molecule has 0 aliphatic carbocycles. The number of nitrogens with zero attached hydrogens (tertiary/aromatic N) is 5. The molecule has 1 aliphatic rings. The molecule has 1 saturated heterocycles. The van der Waals surface area contributed by atoms with Gasteiger partial charge >= 0.3 is 0 Å². The van der Waals surface area contributed by atoms with Crippen LogP contribution in [0.25, 0.3) is 0 Å². The van der Waals surface area contributed by atoms with Crippen LogP contribution in [0.1, 0.15) is 21.9 Å². The summed E-state index contributed by atoms with van der Waals surface area (Å²) < 4.78 is 0. The number of nitrogens with one attached hydrogen (secondary N) is 1. The van der Waals surface area contributed by atoms with Crippen LogP contribution in [0.15, 0.2) is 30.6 Å². The third kappa shape index (κ3) is 4.28. The third-order valence-corrected chi connectivity index (χ3v) is 4.03. The van der Waals surface area contributed by atoms with Crippen LogP contribution in [0.2, 0.25) is 0 Å². The summed E-state index contributed by atoms with van der Waals surface area (Å²) in [4.78, 5) is 39.4. The molecule has 3 rings (SSSR count). The van der Waals surface area contributed by atoms with Crippen LogP contribution in [-0.2, 0) is 11.3 Å². The first-order valence-electron chi connectivity index (χ1n) is 8.13. The second-order valence-electron chi connectivity index (χ2n) is 5.83. The summed E-state index contributed by atoms with van der Waals surface area (Å²) in [6.45, 7) is 4.48. The fourth-order valence-electron chi connectivity index (χ4n) is 2.65. The van der Waals surface area contributed by atoms with Crippen LogP contribution in [0.5, 0.6) is 0 Å². The van der Waals surface area contributed by atoms with E-state index in [0.29, 0.717) is 50.1 Å². The van der Waals surface area contributed by atoms with Crippen LogP contribution in [0, 0.1) is 6.92 Å². The molecule has 0 atom stereocenters. The first-order valence-corrected chi connectivity index (χ1v) is 8.13. The lowest BCUT2D eigenvalue weighted by atomic mass is 10.2. The van der Waals surface area contributed by atoms with Crippen molar-refractivity contribution in [3.63, 3.8) is 0 Å². The molecule has 2 aromatic rings. The first-order chi connectivity index (χ1) is 12.2. The number of carbonyl (C=O) groups is 2. The minimum Gasteiger partial charge on any atom is -0.366 e. The number of piperazine rings is 1. The average molecular weight is 340 g/mol. The molecule has 0 spiro atoms. The maximum Gasteiger partial charge on any atom is 0.272 e. The van der Waals surface area contributed by atoms with Gasteiger partial charge in [-0.05, 0) is 24.6 Å². The fraction of sp³-hybridized carbons (Fsp3) is 0.353. The molecule has 1 N–H and O–H groups in total. The van der Waals surface area contributed by atoms with Crippen molar-refractivity contribution in [3.05, 3.63) is 47.7 Å². The maximum absolute atomic E-state index is 12.7. The number of amides is 2. The first kappa shape index (κ1) is 16.8. The zero-order chi connectivity index (χ0) is 17.6. The molecular weight excluding hydrogens is 320 g/mol. The molecule has 0 radical (unpaired) electrons. The van der Waals surface area contributed by atoms with E-state index in [1.165, 1.54) is 0 Å². The number of aromatic nitrogens is 3. The summed E-state index contributed by atoms with van der Waals surface area (Å²) in [5.41, 5.74) is 1.44. The Labute approximate surface area is 145 Å². The zero-order valence-electron chi connectivity index (χ0n) is 14.1. The molecule has 130 valence electrons. The Morgan fingerprint density at radius 1 is 1.20 bits per heavy atom. The Kier molecular flexibility index (Phi) is 5.17. The highest BCUT2D eigenvalue weighted by Crippen LogP contribution is 2.12. The van der Waals surface area contributed by atoms with Crippen molar-refractivity contribution in [1.29, 1.82) is 0 Å². The molecule has 0 aromatic carbocycles. The predicted molar refractivity (Wildman–Crippen MR) is 91.9 cm³/mol. The standard InChI is InChI=1S/C17H20N6O2/c1-13-20-15(17(25)23-8-6-22(12-24)7-9-23)10-16(21-13)19-11-14-2-4-18-5-3-14/h2-5,10,12H,6-9,11H2,1H3,(H,19,20,21). The van der Waals surface area contributed by atoms with Crippen LogP contribution in [0.4, 0.5) is 5.82 Å². The SMILES string of the molecule is Cc1nc(NCc2ccncc2)cc(C(=O)N2CCN(C=O)CC2)n1. The minimum absolute atomic E-state index is 0.136. The van der Waals surface area contributed by atoms with E-state index in [0.717, 1.165) is 12.0 Å². The van der Waals surface area contributed by atoms with E-state index < -0.39 is 0 Å². The Bertz CT molecular complexity index is 744. The summed E-state index contributed by atoms with van der Waals surface area (Å²) in [5, 5.41) is 3.21. The number of anilines is 1. The van der Waals surface area contributed by atoms with E-state index in [9.17, 15) is 9.59 Å². The molecule has 8 nitrogen and oxygen atoms in total. The minimum atomic E-state index is -0.136. The molecule has 1 fully saturated rings. The maximum atomic E-state index is 12.7. The summed E-state index contributed by atoms with van der Waals surface area (Å²) >= 11 is 0. The molecule has 2 amide bonds. The molecule has 0 unspecified atom stereocenters. The zero-order valence-corrected chi connectivity index (χ0v) is 14.1. The largest absolute Gasteiger partial charge is 0.366 e. The van der Waals surface area contributed by atoms with Gasteiger partial charge in [-0.25, -0.2) is 9.97 Å². The van der Waals surface area contributed by atoms with Crippen molar-refractivity contribution in [3.8, 4) is 0 Å². The van der Waals surface area contributed by atoms with Gasteiger partial charge in [-0.3, -0.25) is 14.6 Å². The van der Waals surface area contributed by atoms with E-state index in [2.05, 4.69) is 20.3 Å². The van der Waals surface area contributed by atoms with E-state index >= 15 is 0 Å². The van der Waals surface area contributed by atoms with Gasteiger partial charge in [-0.15, -0.1) is 0 Å². The quantitative estimate of drug-likeness (QED) is 0.806. The van der Waals surface area contributed by atoms with E-state index in [1.54, 1.807) is 35.2 Å². The second kappa shape index (κ2) is 7.69. The average Bonchev–Trinajstić information content (AvgIpc) is 2.66. The number of rotatable bonds is 5. The fourth-order valence-corrected chi connectivity index (χ4v) is 2.65. The molecule has 8 heteroatoms. The second-order valence-corrected chi connectivity index (χ2v) is 5.83. The van der Waals surface area contributed by atoms with Crippen LogP contribution in [0.3, 0.4) is 0 Å². The smallest absolute Gasteiger partial charge is 0.272 e. The molecule has 1 aliphatic heterocycles. The van der Waals surface area contributed by atoms with Gasteiger partial charge in [-0.1, -0.05) is 0 Å². The Balaban J connectivity index is 1.68. The third-order valence-electron chi connectivity index (χ3n) is 4.03. The van der Waals surface area contributed by atoms with Crippen molar-refractivity contribution in [2.75, 3.05) is 31.5 Å². The van der Waals surface area contributed by atoms with Crippen LogP contribution < -0.4 is 5.32 Å². The summed E-state index contributed by atoms with van der Waals surface area (Å²) in [6.07, 6.45) is 4.28. The van der Waals surface area contributed by atoms with E-state index in [4.69, 9.17) is 0 Å². The number of carbonyl (C=O) groups excluding carboxylic acids is 2. The molecular formula is C17H20N6O2. The molecule has 3 heterocycles. The van der Waals surface area contributed by atoms with E-state index in [-0.39, 0.29) is 5.91 Å². The highest BCUT2D eigenvalue weighted by molar-refractivity contribution is 5.93. The number of hydrogen-bond acceptors (Lipinski definition) is 6. The molecule has 25 heavy (non-hydrogen) atoms. The van der Waals surface area contributed by atoms with Crippen molar-refractivity contribution < 1.29 is 9.59 Å². The highest BCUT2D eigenvalue weighted by Gasteiger charge is 2.23. The topological polar surface area (TPSA) is 91.3 Å². The lowest BCUT2D eigenvalue weighted by molar-refractivity contribution is -0.119. The van der Waals surface area contributed by atoms with Gasteiger partial charge in [0.25, 0.3) is 5.91 Å². The van der Waals surface area contributed by atoms with Gasteiger partial charge in [0.05, 0.1) is 0 Å². The molecule has 0 saturated carbocycles. The monoisotopic (exact) mass is 340 g/mol. The number of hydrogen-bond donors (Lipinski definition) is 1. The van der Waals surface area contributed by atoms with Gasteiger partial charge in [0.1, 0.15) is 17.3 Å². The van der Waals surface area contributed by atoms with Gasteiger partial charge in [0, 0.05) is 51.2 Å². The summed E-state index contributed by atoms with van der Waals surface area (Å²) in [5.74, 6) is 1.01. The van der Waals surface area contributed by atoms with Gasteiger partial charge in [0.2, 0.25) is 6.41 Å². The van der Waals surface area contributed by atoms with Gasteiger partial charge < -0.3 is 15.1 Å². The Morgan fingerprint density at radius 2 is 1.92 bits per heavy atom. The van der Waals surface area contributed by atoms with Crippen molar-refractivity contribution in [2.24, 2.45) is 0 Å². The molecule has 2 aromatic heterocycles. The van der Waals surface area contributed by atoms with Crippen molar-refractivity contribution >= 4 is 18.1 Å². The van der Waals surface area contributed by atoms with E-state index in [1.807, 2.05) is 12.1 Å². The Morgan fingerprint density at radius 3 is 2.60 bits per heavy atom. The highest BCUT2D eigenvalue weighted by atomic mass is 16.2. The van der Waals surface area contributed by atoms with Crippen LogP contribution in [-0.4, -0.2) is 63.2 Å². The van der Waals surface area contributed by atoms with Crippen molar-refractivity contribution in [2.45, 2.75) is 13.5 Å². The van der Waals surface area contributed by atoms with Gasteiger partial charge in [-0.2, -0.15) is 0 Å². The normalized spacial score (nSPS) is 14.3.